The van der Waals surface area contributed by atoms with Gasteiger partial charge in [-0.2, -0.15) is 0 Å². The van der Waals surface area contributed by atoms with Crippen molar-refractivity contribution in [1.29, 1.82) is 0 Å². The van der Waals surface area contributed by atoms with Crippen LogP contribution in [0, 0.1) is 0 Å². The molecule has 0 aliphatic carbocycles. The predicted molar refractivity (Wildman–Crippen MR) is 70.0 cm³/mol. The lowest BCUT2D eigenvalue weighted by atomic mass is 10.1. The van der Waals surface area contributed by atoms with Crippen LogP contribution >= 0.6 is 0 Å². The topological polar surface area (TPSA) is 55.0 Å². The minimum atomic E-state index is 0.547. The number of aromatic nitrogens is 2. The van der Waals surface area contributed by atoms with Crippen LogP contribution in [-0.4, -0.2) is 23.1 Å². The number of nitrogens with two attached hydrogens (primary N) is 1. The molecule has 3 rings (SSSR count). The number of benzene rings is 1. The maximum Gasteiger partial charge on any atom is 0.172 e. The maximum absolute atomic E-state index is 6.00. The highest BCUT2D eigenvalue weighted by Crippen LogP contribution is 2.24. The first-order valence-electron chi connectivity index (χ1n) is 6.12. The lowest BCUT2D eigenvalue weighted by molar-refractivity contribution is 0.574. The summed E-state index contributed by atoms with van der Waals surface area (Å²) in [6.07, 6.45) is 3.74. The van der Waals surface area contributed by atoms with Gasteiger partial charge < -0.3 is 10.6 Å². The molecule has 2 heterocycles. The molecule has 0 bridgehead atoms. The van der Waals surface area contributed by atoms with Crippen molar-refractivity contribution in [3.05, 3.63) is 24.3 Å². The van der Waals surface area contributed by atoms with Gasteiger partial charge in [-0.25, -0.2) is 9.97 Å². The Bertz CT molecular complexity index is 532. The third-order valence-corrected chi connectivity index (χ3v) is 3.23. The zero-order chi connectivity index (χ0) is 11.7. The standard InChI is InChI=1S/C13H16N4/c14-12-13(17-8-4-1-5-9-17)16-11-7-3-2-6-10(11)15-12/h2-3,6-7H,1,4-5,8-9H2,(H2,14,15). The Hall–Kier alpha value is -1.84. The molecule has 1 aromatic carbocycles. The summed E-state index contributed by atoms with van der Waals surface area (Å²) >= 11 is 0. The second kappa shape index (κ2) is 4.20. The third kappa shape index (κ3) is 1.90. The molecule has 0 amide bonds. The van der Waals surface area contributed by atoms with E-state index in [0.29, 0.717) is 5.82 Å². The van der Waals surface area contributed by atoms with Crippen molar-refractivity contribution in [3.63, 3.8) is 0 Å². The fourth-order valence-corrected chi connectivity index (χ4v) is 2.34. The van der Waals surface area contributed by atoms with Crippen LogP contribution in [0.15, 0.2) is 24.3 Å². The average Bonchev–Trinajstić information content (AvgIpc) is 2.39. The average molecular weight is 228 g/mol. The van der Waals surface area contributed by atoms with Crippen LogP contribution in [0.25, 0.3) is 11.0 Å². The van der Waals surface area contributed by atoms with Gasteiger partial charge in [-0.3, -0.25) is 0 Å². The first-order valence-corrected chi connectivity index (χ1v) is 6.12. The fourth-order valence-electron chi connectivity index (χ4n) is 2.34. The van der Waals surface area contributed by atoms with Gasteiger partial charge in [0.2, 0.25) is 0 Å². The smallest absolute Gasteiger partial charge is 0.172 e. The Morgan fingerprint density at radius 1 is 0.941 bits per heavy atom. The Morgan fingerprint density at radius 3 is 2.29 bits per heavy atom. The molecule has 88 valence electrons. The summed E-state index contributed by atoms with van der Waals surface area (Å²) < 4.78 is 0. The van der Waals surface area contributed by atoms with Crippen molar-refractivity contribution in [2.75, 3.05) is 23.7 Å². The van der Waals surface area contributed by atoms with Crippen molar-refractivity contribution >= 4 is 22.7 Å². The highest BCUT2D eigenvalue weighted by atomic mass is 15.2. The summed E-state index contributed by atoms with van der Waals surface area (Å²) in [5.74, 6) is 1.40. The molecule has 0 radical (unpaired) electrons. The number of para-hydroxylation sites is 2. The normalized spacial score (nSPS) is 16.4. The number of rotatable bonds is 1. The molecule has 1 aromatic heterocycles. The molecule has 4 heteroatoms. The zero-order valence-electron chi connectivity index (χ0n) is 9.76. The van der Waals surface area contributed by atoms with Gasteiger partial charge in [0.15, 0.2) is 11.6 Å². The van der Waals surface area contributed by atoms with E-state index in [1.54, 1.807) is 0 Å². The van der Waals surface area contributed by atoms with Gasteiger partial charge in [-0.15, -0.1) is 0 Å². The van der Waals surface area contributed by atoms with Crippen LogP contribution in [0.2, 0.25) is 0 Å². The predicted octanol–water partition coefficient (Wildman–Crippen LogP) is 2.20. The SMILES string of the molecule is Nc1nc2ccccc2nc1N1CCCCC1. The molecule has 1 aliphatic heterocycles. The number of fused-ring (bicyclic) bond motifs is 1. The Kier molecular flexibility index (Phi) is 2.55. The van der Waals surface area contributed by atoms with Crippen molar-refractivity contribution in [2.45, 2.75) is 19.3 Å². The van der Waals surface area contributed by atoms with Gasteiger partial charge in [0.1, 0.15) is 0 Å². The van der Waals surface area contributed by atoms with E-state index in [0.717, 1.165) is 29.9 Å². The molecule has 2 N–H and O–H groups in total. The molecule has 2 aromatic rings. The number of piperidine rings is 1. The zero-order valence-corrected chi connectivity index (χ0v) is 9.76. The van der Waals surface area contributed by atoms with E-state index in [2.05, 4.69) is 14.9 Å². The van der Waals surface area contributed by atoms with Crippen LogP contribution < -0.4 is 10.6 Å². The molecule has 0 atom stereocenters. The summed E-state index contributed by atoms with van der Waals surface area (Å²) in [4.78, 5) is 11.3. The number of nitrogen functional groups attached to an aromatic ring is 1. The van der Waals surface area contributed by atoms with Crippen LogP contribution in [-0.2, 0) is 0 Å². The Balaban J connectivity index is 2.06. The van der Waals surface area contributed by atoms with Gasteiger partial charge in [0, 0.05) is 13.1 Å². The number of anilines is 2. The highest BCUT2D eigenvalue weighted by molar-refractivity contribution is 5.79. The maximum atomic E-state index is 6.00. The van der Waals surface area contributed by atoms with E-state index < -0.39 is 0 Å². The highest BCUT2D eigenvalue weighted by Gasteiger charge is 2.16. The monoisotopic (exact) mass is 228 g/mol. The fraction of sp³-hybridized carbons (Fsp3) is 0.385. The third-order valence-electron chi connectivity index (χ3n) is 3.23. The Labute approximate surface area is 100 Å². The minimum absolute atomic E-state index is 0.547. The van der Waals surface area contributed by atoms with Gasteiger partial charge in [0.05, 0.1) is 11.0 Å². The number of nitrogens with zero attached hydrogens (tertiary/aromatic N) is 3. The molecule has 1 saturated heterocycles. The van der Waals surface area contributed by atoms with E-state index in [1.165, 1.54) is 19.3 Å². The van der Waals surface area contributed by atoms with E-state index in [1.807, 2.05) is 24.3 Å². The van der Waals surface area contributed by atoms with Crippen LogP contribution in [0.5, 0.6) is 0 Å². The first-order chi connectivity index (χ1) is 8.34. The van der Waals surface area contributed by atoms with Crippen molar-refractivity contribution < 1.29 is 0 Å². The van der Waals surface area contributed by atoms with E-state index in [9.17, 15) is 0 Å². The summed E-state index contributed by atoms with van der Waals surface area (Å²) in [7, 11) is 0. The van der Waals surface area contributed by atoms with Crippen molar-refractivity contribution in [3.8, 4) is 0 Å². The van der Waals surface area contributed by atoms with E-state index in [-0.39, 0.29) is 0 Å². The second-order valence-corrected chi connectivity index (χ2v) is 4.47. The van der Waals surface area contributed by atoms with Gasteiger partial charge >= 0.3 is 0 Å². The lowest BCUT2D eigenvalue weighted by Gasteiger charge is -2.28. The molecular formula is C13H16N4. The largest absolute Gasteiger partial charge is 0.381 e. The second-order valence-electron chi connectivity index (χ2n) is 4.47. The summed E-state index contributed by atoms with van der Waals surface area (Å²) in [5.41, 5.74) is 7.79. The molecule has 0 spiro atoms. The van der Waals surface area contributed by atoms with E-state index >= 15 is 0 Å². The molecular weight excluding hydrogens is 212 g/mol. The quantitative estimate of drug-likeness (QED) is 0.813. The number of hydrogen-bond acceptors (Lipinski definition) is 4. The van der Waals surface area contributed by atoms with Gasteiger partial charge in [-0.05, 0) is 31.4 Å². The van der Waals surface area contributed by atoms with Crippen molar-refractivity contribution in [2.24, 2.45) is 0 Å². The molecule has 0 saturated carbocycles. The molecule has 4 nitrogen and oxygen atoms in total. The molecule has 1 fully saturated rings. The van der Waals surface area contributed by atoms with Crippen molar-refractivity contribution in [1.82, 2.24) is 9.97 Å². The lowest BCUT2D eigenvalue weighted by Crippen LogP contribution is -2.31. The van der Waals surface area contributed by atoms with Crippen LogP contribution in [0.3, 0.4) is 0 Å². The number of hydrogen-bond donors (Lipinski definition) is 1. The summed E-state index contributed by atoms with van der Waals surface area (Å²) in [6, 6.07) is 7.86. The van der Waals surface area contributed by atoms with Crippen LogP contribution in [0.4, 0.5) is 11.6 Å². The molecule has 0 unspecified atom stereocenters. The minimum Gasteiger partial charge on any atom is -0.381 e. The Morgan fingerprint density at radius 2 is 1.59 bits per heavy atom. The van der Waals surface area contributed by atoms with Crippen LogP contribution in [0.1, 0.15) is 19.3 Å². The molecule has 1 aliphatic rings. The van der Waals surface area contributed by atoms with Gasteiger partial charge in [-0.1, -0.05) is 12.1 Å². The molecule has 17 heavy (non-hydrogen) atoms. The summed E-state index contributed by atoms with van der Waals surface area (Å²) in [5, 5.41) is 0. The summed E-state index contributed by atoms with van der Waals surface area (Å²) in [6.45, 7) is 2.08. The first kappa shape index (κ1) is 10.3. The van der Waals surface area contributed by atoms with E-state index in [4.69, 9.17) is 5.73 Å². The van der Waals surface area contributed by atoms with Gasteiger partial charge in [0.25, 0.3) is 0 Å².